The van der Waals surface area contributed by atoms with E-state index < -0.39 is 0 Å². The van der Waals surface area contributed by atoms with Crippen molar-refractivity contribution >= 4 is 21.8 Å². The maximum Gasteiger partial charge on any atom is 0.223 e. The van der Waals surface area contributed by atoms with Gasteiger partial charge in [0.2, 0.25) is 5.91 Å². The number of hydrogen-bond acceptors (Lipinski definition) is 1. The third-order valence-electron chi connectivity index (χ3n) is 4.54. The Morgan fingerprint density at radius 2 is 2.12 bits per heavy atom. The molecule has 1 amide bonds. The second kappa shape index (κ2) is 5.07. The Hall–Kier alpha value is -0.0500. The summed E-state index contributed by atoms with van der Waals surface area (Å²) in [5, 5.41) is 4.14. The highest BCUT2D eigenvalue weighted by Crippen LogP contribution is 2.48. The largest absolute Gasteiger partial charge is 0.353 e. The summed E-state index contributed by atoms with van der Waals surface area (Å²) in [5.41, 5.74) is 0. The Bertz CT molecular complexity index is 269. The van der Waals surface area contributed by atoms with Crippen LogP contribution in [0.2, 0.25) is 0 Å². The number of carbonyl (C=O) groups is 1. The molecule has 3 heteroatoms. The van der Waals surface area contributed by atoms with Gasteiger partial charge in [0.25, 0.3) is 0 Å². The quantitative estimate of drug-likeness (QED) is 0.792. The van der Waals surface area contributed by atoms with Crippen molar-refractivity contribution in [2.75, 3.05) is 5.33 Å². The van der Waals surface area contributed by atoms with E-state index in [0.717, 1.165) is 17.7 Å². The van der Waals surface area contributed by atoms with E-state index >= 15 is 0 Å². The van der Waals surface area contributed by atoms with E-state index in [1.165, 1.54) is 19.3 Å². The highest BCUT2D eigenvalue weighted by Gasteiger charge is 2.43. The molecule has 2 nitrogen and oxygen atoms in total. The van der Waals surface area contributed by atoms with Crippen LogP contribution in [-0.2, 0) is 4.79 Å². The predicted molar refractivity (Wildman–Crippen MR) is 69.5 cm³/mol. The maximum absolute atomic E-state index is 12.1. The van der Waals surface area contributed by atoms with Gasteiger partial charge in [-0.1, -0.05) is 29.3 Å². The Kier molecular flexibility index (Phi) is 3.93. The fourth-order valence-corrected chi connectivity index (χ4v) is 3.73. The van der Waals surface area contributed by atoms with Crippen molar-refractivity contribution in [2.45, 2.75) is 45.6 Å². The van der Waals surface area contributed by atoms with E-state index in [2.05, 4.69) is 35.1 Å². The molecule has 0 radical (unpaired) electrons. The number of fused-ring (bicyclic) bond motifs is 2. The summed E-state index contributed by atoms with van der Waals surface area (Å²) < 4.78 is 0. The summed E-state index contributed by atoms with van der Waals surface area (Å²) in [6.07, 6.45) is 5.10. The first-order valence-corrected chi connectivity index (χ1v) is 7.60. The normalized spacial score (nSPS) is 36.1. The second-order valence-electron chi connectivity index (χ2n) is 5.71. The van der Waals surface area contributed by atoms with Gasteiger partial charge in [-0.2, -0.15) is 0 Å². The van der Waals surface area contributed by atoms with Crippen LogP contribution in [0.4, 0.5) is 0 Å². The topological polar surface area (TPSA) is 29.1 Å². The van der Waals surface area contributed by atoms with E-state index in [1.807, 2.05) is 0 Å². The molecule has 0 aromatic rings. The molecule has 2 aliphatic carbocycles. The number of nitrogens with one attached hydrogen (secondary N) is 1. The summed E-state index contributed by atoms with van der Waals surface area (Å²) >= 11 is 3.47. The zero-order chi connectivity index (χ0) is 11.7. The van der Waals surface area contributed by atoms with Gasteiger partial charge in [0, 0.05) is 17.3 Å². The van der Waals surface area contributed by atoms with Crippen LogP contribution in [0.1, 0.15) is 39.5 Å². The van der Waals surface area contributed by atoms with E-state index in [4.69, 9.17) is 0 Å². The smallest absolute Gasteiger partial charge is 0.223 e. The van der Waals surface area contributed by atoms with Gasteiger partial charge in [-0.05, 0) is 43.9 Å². The zero-order valence-electron chi connectivity index (χ0n) is 10.2. The molecule has 0 heterocycles. The molecule has 2 rings (SSSR count). The first kappa shape index (κ1) is 12.4. The van der Waals surface area contributed by atoms with Crippen LogP contribution in [0, 0.1) is 23.7 Å². The minimum absolute atomic E-state index is 0.283. The molecule has 2 fully saturated rings. The molecule has 92 valence electrons. The van der Waals surface area contributed by atoms with Crippen LogP contribution >= 0.6 is 15.9 Å². The van der Waals surface area contributed by atoms with Crippen molar-refractivity contribution in [3.05, 3.63) is 0 Å². The molecule has 16 heavy (non-hydrogen) atoms. The molecule has 1 N–H and O–H groups in total. The van der Waals surface area contributed by atoms with Gasteiger partial charge >= 0.3 is 0 Å². The van der Waals surface area contributed by atoms with Crippen molar-refractivity contribution in [2.24, 2.45) is 23.7 Å². The van der Waals surface area contributed by atoms with Crippen LogP contribution in [-0.4, -0.2) is 17.3 Å². The lowest BCUT2D eigenvalue weighted by Gasteiger charge is -2.25. The number of hydrogen-bond donors (Lipinski definition) is 1. The number of alkyl halides is 1. The van der Waals surface area contributed by atoms with Crippen LogP contribution in [0.15, 0.2) is 0 Å². The number of rotatable bonds is 4. The summed E-state index contributed by atoms with van der Waals surface area (Å²) in [7, 11) is 0. The summed E-state index contributed by atoms with van der Waals surface area (Å²) in [4.78, 5) is 12.1. The minimum atomic E-state index is 0.283. The van der Waals surface area contributed by atoms with E-state index in [0.29, 0.717) is 23.7 Å². The number of carbonyl (C=O) groups excluding carboxylic acids is 1. The second-order valence-corrected chi connectivity index (χ2v) is 6.36. The Morgan fingerprint density at radius 3 is 2.62 bits per heavy atom. The molecule has 0 aromatic carbocycles. The molecule has 0 aliphatic heterocycles. The average Bonchev–Trinajstić information content (AvgIpc) is 2.89. The Balaban J connectivity index is 1.84. The van der Waals surface area contributed by atoms with Gasteiger partial charge in [-0.15, -0.1) is 0 Å². The average molecular weight is 288 g/mol. The molecular weight excluding hydrogens is 266 g/mol. The standard InChI is InChI=1S/C13H22BrNO/c1-8(7-14)9(2)15-13(16)12-6-10-3-4-11(12)5-10/h8-12H,3-7H2,1-2H3,(H,15,16). The zero-order valence-corrected chi connectivity index (χ0v) is 11.8. The molecule has 5 unspecified atom stereocenters. The SMILES string of the molecule is CC(CBr)C(C)NC(=O)C1CC2CCC1C2. The lowest BCUT2D eigenvalue weighted by molar-refractivity contribution is -0.127. The van der Waals surface area contributed by atoms with Gasteiger partial charge in [0.05, 0.1) is 0 Å². The van der Waals surface area contributed by atoms with Crippen LogP contribution in [0.3, 0.4) is 0 Å². The highest BCUT2D eigenvalue weighted by molar-refractivity contribution is 9.09. The van der Waals surface area contributed by atoms with Gasteiger partial charge < -0.3 is 5.32 Å². The molecule has 2 aliphatic rings. The van der Waals surface area contributed by atoms with Gasteiger partial charge in [0.1, 0.15) is 0 Å². The first-order valence-electron chi connectivity index (χ1n) is 6.48. The van der Waals surface area contributed by atoms with Crippen LogP contribution < -0.4 is 5.32 Å². The van der Waals surface area contributed by atoms with Crippen molar-refractivity contribution in [1.29, 1.82) is 0 Å². The fourth-order valence-electron chi connectivity index (χ4n) is 3.17. The Labute approximate surface area is 107 Å². The van der Waals surface area contributed by atoms with Crippen molar-refractivity contribution in [1.82, 2.24) is 5.32 Å². The molecule has 0 aromatic heterocycles. The molecule has 2 saturated carbocycles. The van der Waals surface area contributed by atoms with Crippen molar-refractivity contribution < 1.29 is 4.79 Å². The van der Waals surface area contributed by atoms with E-state index in [-0.39, 0.29) is 6.04 Å². The first-order chi connectivity index (χ1) is 7.61. The number of halogens is 1. The van der Waals surface area contributed by atoms with Gasteiger partial charge in [0.15, 0.2) is 0 Å². The molecule has 0 spiro atoms. The molecular formula is C13H22BrNO. The molecule has 0 saturated heterocycles. The third-order valence-corrected chi connectivity index (χ3v) is 5.56. The van der Waals surface area contributed by atoms with Gasteiger partial charge in [-0.25, -0.2) is 0 Å². The lowest BCUT2D eigenvalue weighted by Crippen LogP contribution is -2.42. The fraction of sp³-hybridized carbons (Fsp3) is 0.923. The highest BCUT2D eigenvalue weighted by atomic mass is 79.9. The summed E-state index contributed by atoms with van der Waals surface area (Å²) in [6, 6.07) is 0.283. The predicted octanol–water partition coefficient (Wildman–Crippen LogP) is 2.96. The minimum Gasteiger partial charge on any atom is -0.353 e. The Morgan fingerprint density at radius 1 is 1.38 bits per heavy atom. The lowest BCUT2D eigenvalue weighted by atomic mass is 9.88. The molecule has 5 atom stereocenters. The van der Waals surface area contributed by atoms with Crippen LogP contribution in [0.25, 0.3) is 0 Å². The molecule has 2 bridgehead atoms. The van der Waals surface area contributed by atoms with Crippen LogP contribution in [0.5, 0.6) is 0 Å². The van der Waals surface area contributed by atoms with Crippen molar-refractivity contribution in [3.8, 4) is 0 Å². The van der Waals surface area contributed by atoms with E-state index in [1.54, 1.807) is 0 Å². The van der Waals surface area contributed by atoms with E-state index in [9.17, 15) is 4.79 Å². The monoisotopic (exact) mass is 287 g/mol. The number of amides is 1. The maximum atomic E-state index is 12.1. The summed E-state index contributed by atoms with van der Waals surface area (Å²) in [5.74, 6) is 2.68. The van der Waals surface area contributed by atoms with Gasteiger partial charge in [-0.3, -0.25) is 4.79 Å². The summed E-state index contributed by atoms with van der Waals surface area (Å²) in [6.45, 7) is 4.28. The third kappa shape index (κ3) is 2.44. The van der Waals surface area contributed by atoms with Crippen molar-refractivity contribution in [3.63, 3.8) is 0 Å².